The topological polar surface area (TPSA) is 124 Å². The van der Waals surface area contributed by atoms with Gasteiger partial charge in [-0.15, -0.1) is 0 Å². The first-order chi connectivity index (χ1) is 9.74. The molecule has 2 aromatic rings. The summed E-state index contributed by atoms with van der Waals surface area (Å²) in [6.45, 7) is 2.33. The van der Waals surface area contributed by atoms with Crippen molar-refractivity contribution < 1.29 is 16.8 Å². The lowest BCUT2D eigenvalue weighted by molar-refractivity contribution is 0.594. The molecule has 0 unspecified atom stereocenters. The number of aromatic nitrogens is 2. The monoisotopic (exact) mass is 330 g/mol. The van der Waals surface area contributed by atoms with Gasteiger partial charge in [0.2, 0.25) is 10.0 Å². The van der Waals surface area contributed by atoms with Gasteiger partial charge in [-0.05, 0) is 31.2 Å². The van der Waals surface area contributed by atoms with Crippen molar-refractivity contribution in [2.24, 2.45) is 5.14 Å². The Morgan fingerprint density at radius 1 is 1.10 bits per heavy atom. The summed E-state index contributed by atoms with van der Waals surface area (Å²) in [5.41, 5.74) is 0. The first kappa shape index (κ1) is 15.5. The zero-order valence-corrected chi connectivity index (χ0v) is 12.7. The number of aryl methyl sites for hydroxylation is 1. The van der Waals surface area contributed by atoms with E-state index < -0.39 is 20.0 Å². The molecule has 0 aliphatic rings. The van der Waals surface area contributed by atoms with Crippen LogP contribution in [0.5, 0.6) is 0 Å². The van der Waals surface area contributed by atoms with Crippen molar-refractivity contribution in [1.29, 1.82) is 0 Å². The molecule has 1 aromatic carbocycles. The van der Waals surface area contributed by atoms with Crippen LogP contribution in [0, 0.1) is 0 Å². The second kappa shape index (κ2) is 5.47. The zero-order valence-electron chi connectivity index (χ0n) is 11.1. The maximum absolute atomic E-state index is 12.2. The molecular weight excluding hydrogens is 316 g/mol. The van der Waals surface area contributed by atoms with Crippen LogP contribution in [0.4, 0.5) is 5.82 Å². The van der Waals surface area contributed by atoms with E-state index in [0.717, 1.165) is 12.1 Å². The predicted molar refractivity (Wildman–Crippen MR) is 76.5 cm³/mol. The van der Waals surface area contributed by atoms with E-state index >= 15 is 0 Å². The second-order valence-corrected chi connectivity index (χ2v) is 7.40. The minimum absolute atomic E-state index is 0.0706. The van der Waals surface area contributed by atoms with Crippen LogP contribution in [0.1, 0.15) is 6.92 Å². The van der Waals surface area contributed by atoms with Crippen LogP contribution in [-0.2, 0) is 26.6 Å². The molecular formula is C11H14N4O4S2. The number of nitrogens with zero attached hydrogens (tertiary/aromatic N) is 2. The van der Waals surface area contributed by atoms with Crippen molar-refractivity contribution in [3.63, 3.8) is 0 Å². The van der Waals surface area contributed by atoms with E-state index in [1.165, 1.54) is 29.1 Å². The van der Waals surface area contributed by atoms with Gasteiger partial charge >= 0.3 is 0 Å². The van der Waals surface area contributed by atoms with Gasteiger partial charge in [0.15, 0.2) is 0 Å². The summed E-state index contributed by atoms with van der Waals surface area (Å²) in [7, 11) is -7.68. The smallest absolute Gasteiger partial charge is 0.263 e. The van der Waals surface area contributed by atoms with E-state index in [-0.39, 0.29) is 9.79 Å². The molecule has 0 amide bonds. The molecule has 0 atom stereocenters. The van der Waals surface area contributed by atoms with Crippen LogP contribution in [0.25, 0.3) is 0 Å². The van der Waals surface area contributed by atoms with E-state index in [4.69, 9.17) is 5.14 Å². The minimum atomic E-state index is -3.86. The number of nitrogens with one attached hydrogen (secondary N) is 1. The highest BCUT2D eigenvalue weighted by molar-refractivity contribution is 7.92. The Bertz CT molecular complexity index is 839. The first-order valence-electron chi connectivity index (χ1n) is 5.91. The van der Waals surface area contributed by atoms with Gasteiger partial charge in [0.25, 0.3) is 10.0 Å². The summed E-state index contributed by atoms with van der Waals surface area (Å²) in [6, 6.07) is 6.16. The Hall–Kier alpha value is -1.91. The number of rotatable bonds is 5. The highest BCUT2D eigenvalue weighted by Gasteiger charge is 2.17. The molecule has 21 heavy (non-hydrogen) atoms. The zero-order chi connectivity index (χ0) is 15.7. The molecule has 0 aliphatic carbocycles. The normalized spacial score (nSPS) is 12.3. The van der Waals surface area contributed by atoms with Gasteiger partial charge in [-0.3, -0.25) is 4.72 Å². The third kappa shape index (κ3) is 3.40. The van der Waals surface area contributed by atoms with E-state index in [1.54, 1.807) is 0 Å². The number of primary sulfonamides is 1. The van der Waals surface area contributed by atoms with Gasteiger partial charge in [0.1, 0.15) is 5.82 Å². The van der Waals surface area contributed by atoms with Crippen molar-refractivity contribution in [3.8, 4) is 0 Å². The van der Waals surface area contributed by atoms with Crippen LogP contribution in [0.3, 0.4) is 0 Å². The number of hydrogen-bond acceptors (Lipinski definition) is 5. The fourth-order valence-electron chi connectivity index (χ4n) is 1.68. The Morgan fingerprint density at radius 2 is 1.67 bits per heavy atom. The fraction of sp³-hybridized carbons (Fsp3) is 0.182. The summed E-state index contributed by atoms with van der Waals surface area (Å²) in [5, 5.41) is 8.91. The molecule has 1 aromatic heterocycles. The number of nitrogens with two attached hydrogens (primary N) is 1. The predicted octanol–water partition coefficient (Wildman–Crippen LogP) is 0.351. The lowest BCUT2D eigenvalue weighted by Crippen LogP contribution is -2.17. The van der Waals surface area contributed by atoms with Gasteiger partial charge in [-0.25, -0.2) is 26.7 Å². The highest BCUT2D eigenvalue weighted by Crippen LogP contribution is 2.17. The molecule has 0 aliphatic heterocycles. The molecule has 3 N–H and O–H groups in total. The Labute approximate surface area is 122 Å². The molecule has 114 valence electrons. The molecule has 8 nitrogen and oxygen atoms in total. The van der Waals surface area contributed by atoms with E-state index in [9.17, 15) is 16.8 Å². The third-order valence-corrected chi connectivity index (χ3v) is 5.02. The Balaban J connectivity index is 2.32. The van der Waals surface area contributed by atoms with Crippen LogP contribution in [0.15, 0.2) is 46.3 Å². The Kier molecular flexibility index (Phi) is 4.03. The summed E-state index contributed by atoms with van der Waals surface area (Å²) in [5.74, 6) is 0.327. The summed E-state index contributed by atoms with van der Waals surface area (Å²) in [6.07, 6.45) is 1.48. The van der Waals surface area contributed by atoms with Crippen LogP contribution in [0.2, 0.25) is 0 Å². The van der Waals surface area contributed by atoms with Crippen molar-refractivity contribution in [1.82, 2.24) is 9.78 Å². The van der Waals surface area contributed by atoms with Crippen LogP contribution < -0.4 is 9.86 Å². The van der Waals surface area contributed by atoms with Crippen molar-refractivity contribution >= 4 is 25.9 Å². The summed E-state index contributed by atoms with van der Waals surface area (Å²) >= 11 is 0. The quantitative estimate of drug-likeness (QED) is 0.818. The summed E-state index contributed by atoms with van der Waals surface area (Å²) in [4.78, 5) is -0.223. The van der Waals surface area contributed by atoms with Gasteiger partial charge in [0, 0.05) is 12.6 Å². The molecule has 0 radical (unpaired) electrons. The highest BCUT2D eigenvalue weighted by atomic mass is 32.2. The van der Waals surface area contributed by atoms with Crippen molar-refractivity contribution in [3.05, 3.63) is 36.5 Å². The van der Waals surface area contributed by atoms with Gasteiger partial charge in [0.05, 0.1) is 16.0 Å². The molecule has 10 heteroatoms. The second-order valence-electron chi connectivity index (χ2n) is 4.15. The molecule has 0 saturated carbocycles. The Morgan fingerprint density at radius 3 is 2.19 bits per heavy atom. The van der Waals surface area contributed by atoms with Gasteiger partial charge in [-0.2, -0.15) is 5.10 Å². The van der Waals surface area contributed by atoms with E-state index in [1.807, 2.05) is 6.92 Å². The van der Waals surface area contributed by atoms with Gasteiger partial charge in [-0.1, -0.05) is 0 Å². The number of sulfonamides is 2. The van der Waals surface area contributed by atoms with Crippen molar-refractivity contribution in [2.45, 2.75) is 23.3 Å². The number of hydrogen-bond donors (Lipinski definition) is 2. The van der Waals surface area contributed by atoms with Gasteiger partial charge < -0.3 is 0 Å². The molecule has 0 fully saturated rings. The largest absolute Gasteiger partial charge is 0.264 e. The third-order valence-electron chi connectivity index (χ3n) is 2.72. The van der Waals surface area contributed by atoms with Crippen LogP contribution >= 0.6 is 0 Å². The lowest BCUT2D eigenvalue weighted by Gasteiger charge is -2.09. The fourth-order valence-corrected chi connectivity index (χ4v) is 3.25. The molecule has 2 rings (SSSR count). The summed E-state index contributed by atoms with van der Waals surface area (Å²) < 4.78 is 50.5. The molecule has 0 spiro atoms. The van der Waals surface area contributed by atoms with Crippen LogP contribution in [-0.4, -0.2) is 26.6 Å². The van der Waals surface area contributed by atoms with E-state index in [0.29, 0.717) is 12.4 Å². The molecule has 0 saturated heterocycles. The number of benzene rings is 1. The lowest BCUT2D eigenvalue weighted by atomic mass is 10.4. The average Bonchev–Trinajstić information content (AvgIpc) is 2.84. The maximum atomic E-state index is 12.2. The SMILES string of the molecule is CCn1nccc1NS(=O)(=O)c1ccc(S(N)(=O)=O)cc1. The maximum Gasteiger partial charge on any atom is 0.263 e. The average molecular weight is 330 g/mol. The van der Waals surface area contributed by atoms with E-state index in [2.05, 4.69) is 9.82 Å². The molecule has 1 heterocycles. The number of anilines is 1. The molecule has 0 bridgehead atoms. The van der Waals surface area contributed by atoms with Crippen molar-refractivity contribution in [2.75, 3.05) is 4.72 Å². The standard InChI is InChI=1S/C11H14N4O4S2/c1-2-15-11(7-8-13-15)14-21(18,19)10-5-3-9(4-6-10)20(12,16)17/h3-8,14H,2H2,1H3,(H2,12,16,17). The minimum Gasteiger partial charge on any atom is -0.264 e. The first-order valence-corrected chi connectivity index (χ1v) is 8.94.